The summed E-state index contributed by atoms with van der Waals surface area (Å²) in [6.45, 7) is 0. The molecule has 2 N–H and O–H groups in total. The van der Waals surface area contributed by atoms with Crippen LogP contribution in [-0.4, -0.2) is 13.1 Å². The number of esters is 1. The number of ether oxygens (including phenoxy) is 1. The summed E-state index contributed by atoms with van der Waals surface area (Å²) in [5, 5.41) is 0. The van der Waals surface area contributed by atoms with Crippen LogP contribution in [0.1, 0.15) is 18.0 Å². The normalized spacial score (nSPS) is 12.3. The van der Waals surface area contributed by atoms with Crippen LogP contribution in [0.2, 0.25) is 0 Å². The average Bonchev–Trinajstić information content (AvgIpc) is 2.21. The van der Waals surface area contributed by atoms with E-state index in [0.29, 0.717) is 5.56 Å². The lowest BCUT2D eigenvalue weighted by Crippen LogP contribution is -2.17. The van der Waals surface area contributed by atoms with Crippen LogP contribution in [0.3, 0.4) is 0 Å². The van der Waals surface area contributed by atoms with Gasteiger partial charge in [-0.05, 0) is 18.2 Å². The quantitative estimate of drug-likeness (QED) is 0.860. The van der Waals surface area contributed by atoms with E-state index in [4.69, 9.17) is 5.73 Å². The summed E-state index contributed by atoms with van der Waals surface area (Å²) in [6.07, 6.45) is -0.0378. The van der Waals surface area contributed by atoms with E-state index in [0.717, 1.165) is 4.47 Å². The summed E-state index contributed by atoms with van der Waals surface area (Å²) >= 11 is 3.21. The average molecular weight is 276 g/mol. The van der Waals surface area contributed by atoms with E-state index in [1.54, 1.807) is 12.1 Å². The Balaban J connectivity index is 2.85. The van der Waals surface area contributed by atoms with Crippen LogP contribution in [0.5, 0.6) is 0 Å². The summed E-state index contributed by atoms with van der Waals surface area (Å²) in [4.78, 5) is 11.0. The second-order valence-corrected chi connectivity index (χ2v) is 3.97. The molecule has 5 heteroatoms. The van der Waals surface area contributed by atoms with Crippen molar-refractivity contribution in [1.82, 2.24) is 0 Å². The number of hydrogen-bond donors (Lipinski definition) is 1. The minimum atomic E-state index is -0.685. The van der Waals surface area contributed by atoms with Gasteiger partial charge in [0.1, 0.15) is 5.82 Å². The molecule has 0 saturated heterocycles. The molecular formula is C10H11BrFNO2. The molecule has 0 spiro atoms. The van der Waals surface area contributed by atoms with Gasteiger partial charge in [-0.1, -0.05) is 15.9 Å². The lowest BCUT2D eigenvalue weighted by atomic mass is 10.0. The molecule has 1 rings (SSSR count). The van der Waals surface area contributed by atoms with Crippen molar-refractivity contribution in [3.05, 3.63) is 34.1 Å². The van der Waals surface area contributed by atoms with Crippen molar-refractivity contribution in [2.45, 2.75) is 12.5 Å². The Kier molecular flexibility index (Phi) is 4.23. The van der Waals surface area contributed by atoms with E-state index in [9.17, 15) is 9.18 Å². The third-order valence-corrected chi connectivity index (χ3v) is 2.47. The van der Waals surface area contributed by atoms with Crippen molar-refractivity contribution < 1.29 is 13.9 Å². The van der Waals surface area contributed by atoms with Crippen molar-refractivity contribution in [2.24, 2.45) is 5.73 Å². The highest BCUT2D eigenvalue weighted by atomic mass is 79.9. The first-order chi connectivity index (χ1) is 7.04. The van der Waals surface area contributed by atoms with Gasteiger partial charge >= 0.3 is 5.97 Å². The third kappa shape index (κ3) is 3.28. The van der Waals surface area contributed by atoms with Crippen molar-refractivity contribution in [1.29, 1.82) is 0 Å². The molecule has 0 saturated carbocycles. The standard InChI is InChI=1S/C10H11BrFNO2/c1-15-10(14)5-9(13)7-4-6(11)2-3-8(7)12/h2-4,9H,5,13H2,1H3/t9-/m1/s1. The van der Waals surface area contributed by atoms with Gasteiger partial charge in [-0.15, -0.1) is 0 Å². The Morgan fingerprint density at radius 3 is 2.93 bits per heavy atom. The number of halogens is 2. The van der Waals surface area contributed by atoms with Crippen LogP contribution < -0.4 is 5.73 Å². The highest BCUT2D eigenvalue weighted by molar-refractivity contribution is 9.10. The molecule has 0 heterocycles. The summed E-state index contributed by atoms with van der Waals surface area (Å²) in [6, 6.07) is 3.75. The molecule has 0 aliphatic heterocycles. The summed E-state index contributed by atoms with van der Waals surface area (Å²) in [7, 11) is 1.27. The van der Waals surface area contributed by atoms with Crippen LogP contribution in [0.25, 0.3) is 0 Å². The second kappa shape index (κ2) is 5.23. The number of methoxy groups -OCH3 is 1. The Morgan fingerprint density at radius 1 is 1.67 bits per heavy atom. The van der Waals surface area contributed by atoms with Crippen LogP contribution >= 0.6 is 15.9 Å². The SMILES string of the molecule is COC(=O)C[C@@H](N)c1cc(Br)ccc1F. The zero-order valence-corrected chi connectivity index (χ0v) is 9.75. The number of hydrogen-bond acceptors (Lipinski definition) is 3. The van der Waals surface area contributed by atoms with Crippen molar-refractivity contribution in [2.75, 3.05) is 7.11 Å². The van der Waals surface area contributed by atoms with E-state index in [2.05, 4.69) is 20.7 Å². The minimum Gasteiger partial charge on any atom is -0.469 e. The predicted molar refractivity (Wildman–Crippen MR) is 57.7 cm³/mol. The van der Waals surface area contributed by atoms with Crippen LogP contribution in [0.4, 0.5) is 4.39 Å². The molecule has 82 valence electrons. The fourth-order valence-electron chi connectivity index (χ4n) is 1.17. The first kappa shape index (κ1) is 12.1. The van der Waals surface area contributed by atoms with Gasteiger partial charge in [0.15, 0.2) is 0 Å². The molecule has 0 bridgehead atoms. The van der Waals surface area contributed by atoms with E-state index >= 15 is 0 Å². The second-order valence-electron chi connectivity index (χ2n) is 3.05. The third-order valence-electron chi connectivity index (χ3n) is 1.97. The van der Waals surface area contributed by atoms with Crippen molar-refractivity contribution >= 4 is 21.9 Å². The zero-order valence-electron chi connectivity index (χ0n) is 8.17. The fraction of sp³-hybridized carbons (Fsp3) is 0.300. The number of benzene rings is 1. The largest absolute Gasteiger partial charge is 0.469 e. The topological polar surface area (TPSA) is 52.3 Å². The van der Waals surface area contributed by atoms with Crippen LogP contribution in [0.15, 0.2) is 22.7 Å². The lowest BCUT2D eigenvalue weighted by molar-refractivity contribution is -0.141. The van der Waals surface area contributed by atoms with Gasteiger partial charge in [-0.2, -0.15) is 0 Å². The molecule has 1 atom stereocenters. The number of carbonyl (C=O) groups excluding carboxylic acids is 1. The summed E-state index contributed by atoms with van der Waals surface area (Å²) in [5.74, 6) is -0.878. The Labute approximate surface area is 95.5 Å². The Bertz CT molecular complexity index is 370. The molecule has 15 heavy (non-hydrogen) atoms. The van der Waals surface area contributed by atoms with Crippen molar-refractivity contribution in [3.63, 3.8) is 0 Å². The molecule has 0 amide bonds. The molecule has 1 aromatic rings. The molecule has 3 nitrogen and oxygen atoms in total. The number of rotatable bonds is 3. The summed E-state index contributed by atoms with van der Waals surface area (Å²) < 4.78 is 18.5. The Hall–Kier alpha value is -0.940. The fourth-order valence-corrected chi connectivity index (χ4v) is 1.55. The first-order valence-corrected chi connectivity index (χ1v) is 5.11. The van der Waals surface area contributed by atoms with E-state index in [1.807, 2.05) is 0 Å². The van der Waals surface area contributed by atoms with Gasteiger partial charge in [0.2, 0.25) is 0 Å². The molecule has 0 fully saturated rings. The van der Waals surface area contributed by atoms with Gasteiger partial charge in [-0.3, -0.25) is 4.79 Å². The number of nitrogens with two attached hydrogens (primary N) is 1. The molecular weight excluding hydrogens is 265 g/mol. The van der Waals surface area contributed by atoms with Gasteiger partial charge in [0.05, 0.1) is 13.5 Å². The maximum atomic E-state index is 13.3. The molecule has 0 radical (unpaired) electrons. The van der Waals surface area contributed by atoms with E-state index < -0.39 is 17.8 Å². The maximum absolute atomic E-state index is 13.3. The molecule has 1 aromatic carbocycles. The molecule has 0 aliphatic rings. The van der Waals surface area contributed by atoms with E-state index in [-0.39, 0.29) is 6.42 Å². The van der Waals surface area contributed by atoms with Gasteiger partial charge in [0.25, 0.3) is 0 Å². The predicted octanol–water partition coefficient (Wildman–Crippen LogP) is 2.15. The van der Waals surface area contributed by atoms with Crippen LogP contribution in [-0.2, 0) is 9.53 Å². The molecule has 0 aromatic heterocycles. The van der Waals surface area contributed by atoms with Gasteiger partial charge in [0, 0.05) is 16.1 Å². The van der Waals surface area contributed by atoms with Gasteiger partial charge < -0.3 is 10.5 Å². The van der Waals surface area contributed by atoms with Crippen molar-refractivity contribution in [3.8, 4) is 0 Å². The smallest absolute Gasteiger partial charge is 0.307 e. The molecule has 0 aliphatic carbocycles. The highest BCUT2D eigenvalue weighted by Crippen LogP contribution is 2.22. The first-order valence-electron chi connectivity index (χ1n) is 4.32. The summed E-state index contributed by atoms with van der Waals surface area (Å²) in [5.41, 5.74) is 5.98. The lowest BCUT2D eigenvalue weighted by Gasteiger charge is -2.11. The molecule has 0 unspecified atom stereocenters. The van der Waals surface area contributed by atoms with E-state index in [1.165, 1.54) is 13.2 Å². The van der Waals surface area contributed by atoms with Crippen LogP contribution in [0, 0.1) is 5.82 Å². The number of carbonyl (C=O) groups is 1. The Morgan fingerprint density at radius 2 is 2.33 bits per heavy atom. The maximum Gasteiger partial charge on any atom is 0.307 e. The minimum absolute atomic E-state index is 0.0378. The van der Waals surface area contributed by atoms with Gasteiger partial charge in [-0.25, -0.2) is 4.39 Å². The monoisotopic (exact) mass is 275 g/mol. The highest BCUT2D eigenvalue weighted by Gasteiger charge is 2.15. The zero-order chi connectivity index (χ0) is 11.4.